The highest BCUT2D eigenvalue weighted by Gasteiger charge is 2.56. The van der Waals surface area contributed by atoms with Crippen molar-refractivity contribution in [3.05, 3.63) is 0 Å². The highest BCUT2D eigenvalue weighted by atomic mass is 79.9. The van der Waals surface area contributed by atoms with E-state index >= 15 is 0 Å². The average Bonchev–Trinajstić information content (AvgIpc) is 2.44. The van der Waals surface area contributed by atoms with E-state index < -0.39 is 5.60 Å². The predicted molar refractivity (Wildman–Crippen MR) is 77.0 cm³/mol. The summed E-state index contributed by atoms with van der Waals surface area (Å²) < 4.78 is 0. The van der Waals surface area contributed by atoms with Crippen LogP contribution in [-0.2, 0) is 9.78 Å². The van der Waals surface area contributed by atoms with Crippen molar-refractivity contribution in [3.8, 4) is 0 Å². The summed E-state index contributed by atoms with van der Waals surface area (Å²) in [7, 11) is 0. The molecule has 2 bridgehead atoms. The molecule has 0 aromatic rings. The van der Waals surface area contributed by atoms with Gasteiger partial charge in [0.15, 0.2) is 0 Å². The minimum Gasteiger partial charge on any atom is -0.393 e. The molecule has 110 valence electrons. The molecule has 0 aromatic heterocycles. The molecule has 2 atom stereocenters. The first kappa shape index (κ1) is 14.3. The SMILES string of the molecule is CC1(C)CC(C23CCC(CO)(CC2)OO3)CCC1Br. The largest absolute Gasteiger partial charge is 0.393 e. The molecule has 2 aliphatic carbocycles. The Morgan fingerprint density at radius 1 is 1.11 bits per heavy atom. The lowest BCUT2D eigenvalue weighted by Gasteiger charge is -2.56. The lowest BCUT2D eigenvalue weighted by atomic mass is 9.61. The molecule has 4 aliphatic rings. The normalized spacial score (nSPS) is 49.3. The average molecular weight is 333 g/mol. The van der Waals surface area contributed by atoms with E-state index in [9.17, 15) is 5.11 Å². The van der Waals surface area contributed by atoms with Gasteiger partial charge in [0.1, 0.15) is 11.2 Å². The first-order valence-corrected chi connectivity index (χ1v) is 8.45. The number of aliphatic hydroxyl groups excluding tert-OH is 1. The van der Waals surface area contributed by atoms with E-state index in [1.54, 1.807) is 0 Å². The van der Waals surface area contributed by atoms with Crippen LogP contribution in [0.4, 0.5) is 0 Å². The van der Waals surface area contributed by atoms with Crippen LogP contribution >= 0.6 is 15.9 Å². The zero-order valence-electron chi connectivity index (χ0n) is 12.0. The van der Waals surface area contributed by atoms with Crippen molar-refractivity contribution in [1.82, 2.24) is 0 Å². The fourth-order valence-electron chi connectivity index (χ4n) is 4.18. The topological polar surface area (TPSA) is 38.7 Å². The number of fused-ring (bicyclic) bond motifs is 3. The molecule has 2 unspecified atom stereocenters. The molecule has 2 aliphatic heterocycles. The van der Waals surface area contributed by atoms with Gasteiger partial charge in [-0.2, -0.15) is 0 Å². The second kappa shape index (κ2) is 4.69. The quantitative estimate of drug-likeness (QED) is 0.620. The molecule has 0 spiro atoms. The third-order valence-corrected chi connectivity index (χ3v) is 7.51. The van der Waals surface area contributed by atoms with Crippen molar-refractivity contribution in [3.63, 3.8) is 0 Å². The van der Waals surface area contributed by atoms with Gasteiger partial charge in [-0.05, 0) is 56.3 Å². The molecule has 0 radical (unpaired) electrons. The standard InChI is InChI=1S/C15H25BrO3/c1-13(2)9-11(3-4-12(13)16)15-7-5-14(10-17,6-8-15)18-19-15/h11-12,17H,3-10H2,1-2H3. The second-order valence-electron chi connectivity index (χ2n) is 7.51. The Balaban J connectivity index is 1.74. The highest BCUT2D eigenvalue weighted by molar-refractivity contribution is 9.09. The highest BCUT2D eigenvalue weighted by Crippen LogP contribution is 2.55. The zero-order valence-corrected chi connectivity index (χ0v) is 13.5. The van der Waals surface area contributed by atoms with Gasteiger partial charge in [-0.15, -0.1) is 0 Å². The Labute approximate surface area is 124 Å². The molecule has 4 fully saturated rings. The summed E-state index contributed by atoms with van der Waals surface area (Å²) in [5.74, 6) is 0.591. The maximum absolute atomic E-state index is 9.47. The van der Waals surface area contributed by atoms with Crippen LogP contribution in [0.25, 0.3) is 0 Å². The Hall–Kier alpha value is 0.360. The third-order valence-electron chi connectivity index (χ3n) is 5.81. The first-order chi connectivity index (χ1) is 8.91. The molecule has 0 aromatic carbocycles. The molecular weight excluding hydrogens is 308 g/mol. The van der Waals surface area contributed by atoms with Crippen LogP contribution in [0.3, 0.4) is 0 Å². The van der Waals surface area contributed by atoms with Crippen molar-refractivity contribution in [2.75, 3.05) is 6.61 Å². The molecular formula is C15H25BrO3. The van der Waals surface area contributed by atoms with E-state index in [1.165, 1.54) is 19.3 Å². The fourth-order valence-corrected chi connectivity index (χ4v) is 4.63. The van der Waals surface area contributed by atoms with Crippen LogP contribution in [0.15, 0.2) is 0 Å². The number of halogens is 1. The molecule has 2 heterocycles. The molecule has 4 heteroatoms. The number of aliphatic hydroxyl groups is 1. The smallest absolute Gasteiger partial charge is 0.127 e. The van der Waals surface area contributed by atoms with Gasteiger partial charge in [0.25, 0.3) is 0 Å². The summed E-state index contributed by atoms with van der Waals surface area (Å²) in [4.78, 5) is 12.1. The summed E-state index contributed by atoms with van der Waals surface area (Å²) in [5.41, 5.74) is -0.158. The van der Waals surface area contributed by atoms with Crippen molar-refractivity contribution in [1.29, 1.82) is 0 Å². The van der Waals surface area contributed by atoms with E-state index in [1.807, 2.05) is 0 Å². The zero-order chi connectivity index (χ0) is 13.7. The Kier molecular flexibility index (Phi) is 3.53. The van der Waals surface area contributed by atoms with Crippen LogP contribution in [-0.4, -0.2) is 27.7 Å². The van der Waals surface area contributed by atoms with Crippen LogP contribution < -0.4 is 0 Å². The van der Waals surface area contributed by atoms with Gasteiger partial charge in [0, 0.05) is 4.83 Å². The van der Waals surface area contributed by atoms with Crippen molar-refractivity contribution >= 4 is 15.9 Å². The number of rotatable bonds is 2. The number of hydrogen-bond acceptors (Lipinski definition) is 3. The van der Waals surface area contributed by atoms with Crippen LogP contribution in [0.1, 0.15) is 58.8 Å². The number of hydrogen-bond donors (Lipinski definition) is 1. The van der Waals surface area contributed by atoms with Crippen LogP contribution in [0.5, 0.6) is 0 Å². The molecule has 3 nitrogen and oxygen atoms in total. The Bertz CT molecular complexity index is 331. The summed E-state index contributed by atoms with van der Waals surface area (Å²) in [6.45, 7) is 4.78. The molecule has 2 saturated heterocycles. The van der Waals surface area contributed by atoms with E-state index in [4.69, 9.17) is 9.78 Å². The Morgan fingerprint density at radius 3 is 2.26 bits per heavy atom. The van der Waals surface area contributed by atoms with Crippen molar-refractivity contribution in [2.24, 2.45) is 11.3 Å². The van der Waals surface area contributed by atoms with E-state index in [0.717, 1.165) is 25.7 Å². The van der Waals surface area contributed by atoms with Gasteiger partial charge in [-0.25, -0.2) is 9.78 Å². The van der Waals surface area contributed by atoms with Gasteiger partial charge in [-0.1, -0.05) is 29.8 Å². The van der Waals surface area contributed by atoms with E-state index in [0.29, 0.717) is 16.2 Å². The van der Waals surface area contributed by atoms with Gasteiger partial charge in [0.2, 0.25) is 0 Å². The summed E-state index contributed by atoms with van der Waals surface area (Å²) in [6, 6.07) is 0. The maximum atomic E-state index is 9.47. The lowest BCUT2D eigenvalue weighted by Crippen LogP contribution is -2.59. The van der Waals surface area contributed by atoms with Gasteiger partial charge in [-0.3, -0.25) is 0 Å². The Morgan fingerprint density at radius 2 is 1.79 bits per heavy atom. The molecule has 4 rings (SSSR count). The first-order valence-electron chi connectivity index (χ1n) is 7.53. The summed E-state index contributed by atoms with van der Waals surface area (Å²) in [6.07, 6.45) is 7.60. The molecule has 2 saturated carbocycles. The van der Waals surface area contributed by atoms with Gasteiger partial charge >= 0.3 is 0 Å². The summed E-state index contributed by atoms with van der Waals surface area (Å²) >= 11 is 3.83. The van der Waals surface area contributed by atoms with Crippen LogP contribution in [0, 0.1) is 11.3 Å². The molecule has 1 N–H and O–H groups in total. The monoisotopic (exact) mass is 332 g/mol. The third kappa shape index (κ3) is 2.29. The van der Waals surface area contributed by atoms with Gasteiger partial charge in [0.05, 0.1) is 6.61 Å². The van der Waals surface area contributed by atoms with Gasteiger partial charge < -0.3 is 5.11 Å². The van der Waals surface area contributed by atoms with E-state index in [2.05, 4.69) is 29.8 Å². The van der Waals surface area contributed by atoms with Crippen molar-refractivity contribution in [2.45, 2.75) is 74.8 Å². The maximum Gasteiger partial charge on any atom is 0.127 e. The minimum absolute atomic E-state index is 0.0820. The predicted octanol–water partition coefficient (Wildman–Crippen LogP) is 3.58. The number of alkyl halides is 1. The summed E-state index contributed by atoms with van der Waals surface area (Å²) in [5, 5.41) is 9.47. The second-order valence-corrected chi connectivity index (χ2v) is 8.61. The molecule has 0 amide bonds. The van der Waals surface area contributed by atoms with Crippen LogP contribution in [0.2, 0.25) is 0 Å². The van der Waals surface area contributed by atoms with E-state index in [-0.39, 0.29) is 12.2 Å². The molecule has 19 heavy (non-hydrogen) atoms. The minimum atomic E-state index is -0.399. The lowest BCUT2D eigenvalue weighted by molar-refractivity contribution is -0.481. The fraction of sp³-hybridized carbons (Fsp3) is 1.00. The van der Waals surface area contributed by atoms with Crippen molar-refractivity contribution < 1.29 is 14.9 Å².